The van der Waals surface area contributed by atoms with E-state index in [-0.39, 0.29) is 17.6 Å². The molecule has 1 aromatic heterocycles. The smallest absolute Gasteiger partial charge is 0.293 e. The van der Waals surface area contributed by atoms with Crippen molar-refractivity contribution in [1.82, 2.24) is 10.6 Å². The molecule has 1 aliphatic rings. The van der Waals surface area contributed by atoms with Gasteiger partial charge in [0.05, 0.1) is 0 Å². The van der Waals surface area contributed by atoms with Crippen LogP contribution in [0.1, 0.15) is 29.0 Å². The second-order valence-corrected chi connectivity index (χ2v) is 5.49. The Morgan fingerprint density at radius 3 is 2.76 bits per heavy atom. The molecule has 5 nitrogen and oxygen atoms in total. The largest absolute Gasteiger partial charge is 0.451 e. The first-order valence-electron chi connectivity index (χ1n) is 7.19. The molecule has 1 aliphatic heterocycles. The van der Waals surface area contributed by atoms with Gasteiger partial charge in [0.15, 0.2) is 5.76 Å². The molecule has 1 fully saturated rings. The Morgan fingerprint density at radius 1 is 1.24 bits per heavy atom. The number of hydrogen-bond acceptors (Lipinski definition) is 4. The van der Waals surface area contributed by atoms with Gasteiger partial charge in [0.25, 0.3) is 5.91 Å². The lowest BCUT2D eigenvalue weighted by molar-refractivity contribution is -0.124. The number of piperidine rings is 1. The summed E-state index contributed by atoms with van der Waals surface area (Å²) in [5, 5.41) is 6.50. The van der Waals surface area contributed by atoms with E-state index in [2.05, 4.69) is 10.6 Å². The van der Waals surface area contributed by atoms with Gasteiger partial charge in [-0.05, 0) is 50.6 Å². The summed E-state index contributed by atoms with van der Waals surface area (Å²) in [6.07, 6.45) is 1.52. The van der Waals surface area contributed by atoms with E-state index in [0.717, 1.165) is 36.9 Å². The van der Waals surface area contributed by atoms with Gasteiger partial charge >= 0.3 is 0 Å². The third kappa shape index (κ3) is 2.97. The SMILES string of the molecule is Cc1ccc2cc(C(=O)NC(=O)C3CCNCC3)oc2c1. The molecule has 1 aromatic carbocycles. The van der Waals surface area contributed by atoms with Crippen molar-refractivity contribution in [2.24, 2.45) is 5.92 Å². The molecule has 0 aliphatic carbocycles. The first-order valence-corrected chi connectivity index (χ1v) is 7.19. The van der Waals surface area contributed by atoms with E-state index < -0.39 is 5.91 Å². The first-order chi connectivity index (χ1) is 10.1. The van der Waals surface area contributed by atoms with E-state index in [1.807, 2.05) is 25.1 Å². The summed E-state index contributed by atoms with van der Waals surface area (Å²) < 4.78 is 5.52. The fourth-order valence-electron chi connectivity index (χ4n) is 2.61. The average molecular weight is 286 g/mol. The lowest BCUT2D eigenvalue weighted by Gasteiger charge is -2.20. The van der Waals surface area contributed by atoms with Crippen molar-refractivity contribution in [3.05, 3.63) is 35.6 Å². The van der Waals surface area contributed by atoms with Gasteiger partial charge in [0, 0.05) is 11.3 Å². The number of fused-ring (bicyclic) bond motifs is 1. The molecule has 0 radical (unpaired) electrons. The minimum atomic E-state index is -0.465. The predicted octanol–water partition coefficient (Wildman–Crippen LogP) is 2.00. The predicted molar refractivity (Wildman–Crippen MR) is 79.0 cm³/mol. The van der Waals surface area contributed by atoms with Crippen LogP contribution in [0.4, 0.5) is 0 Å². The molecule has 2 heterocycles. The topological polar surface area (TPSA) is 71.3 Å². The van der Waals surface area contributed by atoms with Crippen molar-refractivity contribution in [3.8, 4) is 0 Å². The maximum absolute atomic E-state index is 12.1. The van der Waals surface area contributed by atoms with E-state index in [1.165, 1.54) is 0 Å². The zero-order chi connectivity index (χ0) is 14.8. The standard InChI is InChI=1S/C16H18N2O3/c1-10-2-3-12-9-14(21-13(12)8-10)16(20)18-15(19)11-4-6-17-7-5-11/h2-3,8-9,11,17H,4-7H2,1H3,(H,18,19,20). The Balaban J connectivity index is 1.72. The van der Waals surface area contributed by atoms with Crippen LogP contribution in [-0.2, 0) is 4.79 Å². The van der Waals surface area contributed by atoms with Gasteiger partial charge in [-0.2, -0.15) is 0 Å². The Bertz CT molecular complexity index is 684. The Hall–Kier alpha value is -2.14. The highest BCUT2D eigenvalue weighted by molar-refractivity contribution is 6.05. The van der Waals surface area contributed by atoms with Crippen LogP contribution in [0.2, 0.25) is 0 Å². The third-order valence-electron chi connectivity index (χ3n) is 3.85. The van der Waals surface area contributed by atoms with Crippen LogP contribution >= 0.6 is 0 Å². The van der Waals surface area contributed by atoms with E-state index >= 15 is 0 Å². The lowest BCUT2D eigenvalue weighted by Crippen LogP contribution is -2.40. The highest BCUT2D eigenvalue weighted by Crippen LogP contribution is 2.21. The normalized spacial score (nSPS) is 16.0. The molecule has 0 saturated carbocycles. The van der Waals surface area contributed by atoms with Crippen molar-refractivity contribution in [2.75, 3.05) is 13.1 Å². The highest BCUT2D eigenvalue weighted by Gasteiger charge is 2.24. The second-order valence-electron chi connectivity index (χ2n) is 5.49. The molecule has 21 heavy (non-hydrogen) atoms. The van der Waals surface area contributed by atoms with E-state index in [4.69, 9.17) is 4.42 Å². The Kier molecular flexibility index (Phi) is 3.75. The van der Waals surface area contributed by atoms with Crippen molar-refractivity contribution in [2.45, 2.75) is 19.8 Å². The fourth-order valence-corrected chi connectivity index (χ4v) is 2.61. The maximum Gasteiger partial charge on any atom is 0.293 e. The van der Waals surface area contributed by atoms with Crippen molar-refractivity contribution >= 4 is 22.8 Å². The van der Waals surface area contributed by atoms with Crippen molar-refractivity contribution in [3.63, 3.8) is 0 Å². The first kappa shape index (κ1) is 13.8. The number of benzene rings is 1. The van der Waals surface area contributed by atoms with Crippen LogP contribution in [0, 0.1) is 12.8 Å². The molecule has 110 valence electrons. The minimum Gasteiger partial charge on any atom is -0.451 e. The fraction of sp³-hybridized carbons (Fsp3) is 0.375. The van der Waals surface area contributed by atoms with Crippen LogP contribution in [0.3, 0.4) is 0 Å². The summed E-state index contributed by atoms with van der Waals surface area (Å²) in [7, 11) is 0. The average Bonchev–Trinajstić information content (AvgIpc) is 2.91. The number of carbonyl (C=O) groups excluding carboxylic acids is 2. The molecule has 0 unspecified atom stereocenters. The van der Waals surface area contributed by atoms with E-state index in [1.54, 1.807) is 6.07 Å². The maximum atomic E-state index is 12.1. The highest BCUT2D eigenvalue weighted by atomic mass is 16.3. The molecule has 2 N–H and O–H groups in total. The zero-order valence-corrected chi connectivity index (χ0v) is 11.9. The number of furan rings is 1. The van der Waals surface area contributed by atoms with Crippen LogP contribution in [0.15, 0.2) is 28.7 Å². The lowest BCUT2D eigenvalue weighted by atomic mass is 9.97. The number of aryl methyl sites for hydroxylation is 1. The van der Waals surface area contributed by atoms with Gasteiger partial charge < -0.3 is 9.73 Å². The van der Waals surface area contributed by atoms with Gasteiger partial charge in [0.1, 0.15) is 5.58 Å². The third-order valence-corrected chi connectivity index (χ3v) is 3.85. The van der Waals surface area contributed by atoms with Gasteiger partial charge in [-0.25, -0.2) is 0 Å². The molecular weight excluding hydrogens is 268 g/mol. The van der Waals surface area contributed by atoms with Crippen molar-refractivity contribution in [1.29, 1.82) is 0 Å². The number of amides is 2. The molecule has 5 heteroatoms. The Labute approximate surface area is 122 Å². The summed E-state index contributed by atoms with van der Waals surface area (Å²) in [6, 6.07) is 7.40. The summed E-state index contributed by atoms with van der Waals surface area (Å²) in [4.78, 5) is 24.2. The summed E-state index contributed by atoms with van der Waals surface area (Å²) in [6.45, 7) is 3.59. The summed E-state index contributed by atoms with van der Waals surface area (Å²) in [5.74, 6) is -0.592. The number of carbonyl (C=O) groups is 2. The quantitative estimate of drug-likeness (QED) is 0.828. The second kappa shape index (κ2) is 5.69. The van der Waals surface area contributed by atoms with Crippen LogP contribution in [0.5, 0.6) is 0 Å². The monoisotopic (exact) mass is 286 g/mol. The number of imide groups is 1. The number of hydrogen-bond donors (Lipinski definition) is 2. The molecule has 2 amide bonds. The molecule has 0 bridgehead atoms. The van der Waals surface area contributed by atoms with Gasteiger partial charge in [-0.1, -0.05) is 12.1 Å². The molecule has 2 aromatic rings. The van der Waals surface area contributed by atoms with Crippen LogP contribution in [-0.4, -0.2) is 24.9 Å². The summed E-state index contributed by atoms with van der Waals surface area (Å²) in [5.41, 5.74) is 1.73. The van der Waals surface area contributed by atoms with Gasteiger partial charge in [-0.15, -0.1) is 0 Å². The number of rotatable bonds is 2. The molecular formula is C16H18N2O3. The summed E-state index contributed by atoms with van der Waals surface area (Å²) >= 11 is 0. The molecule has 0 atom stereocenters. The van der Waals surface area contributed by atoms with Crippen molar-refractivity contribution < 1.29 is 14.0 Å². The van der Waals surface area contributed by atoms with Crippen LogP contribution < -0.4 is 10.6 Å². The number of nitrogens with one attached hydrogen (secondary N) is 2. The van der Waals surface area contributed by atoms with E-state index in [0.29, 0.717) is 5.58 Å². The van der Waals surface area contributed by atoms with Gasteiger partial charge in [0.2, 0.25) is 5.91 Å². The van der Waals surface area contributed by atoms with E-state index in [9.17, 15) is 9.59 Å². The zero-order valence-electron chi connectivity index (χ0n) is 11.9. The molecule has 1 saturated heterocycles. The molecule has 0 spiro atoms. The Morgan fingerprint density at radius 2 is 2.00 bits per heavy atom. The molecule has 3 rings (SSSR count). The van der Waals surface area contributed by atoms with Gasteiger partial charge in [-0.3, -0.25) is 14.9 Å². The minimum absolute atomic E-state index is 0.0955. The van der Waals surface area contributed by atoms with Crippen LogP contribution in [0.25, 0.3) is 11.0 Å².